The number of hydrogen-bond donors (Lipinski definition) is 2. The molecule has 5 heteroatoms. The van der Waals surface area contributed by atoms with E-state index in [1.165, 1.54) is 0 Å². The molecule has 1 saturated heterocycles. The van der Waals surface area contributed by atoms with Crippen molar-refractivity contribution in [3.63, 3.8) is 0 Å². The van der Waals surface area contributed by atoms with Gasteiger partial charge in [-0.3, -0.25) is 4.79 Å². The molecule has 1 aliphatic rings. The van der Waals surface area contributed by atoms with Crippen LogP contribution in [0.5, 0.6) is 0 Å². The summed E-state index contributed by atoms with van der Waals surface area (Å²) in [6.45, 7) is 0.590. The van der Waals surface area contributed by atoms with Crippen molar-refractivity contribution in [1.29, 1.82) is 0 Å². The lowest BCUT2D eigenvalue weighted by Gasteiger charge is -2.18. The number of rotatable bonds is 1. The van der Waals surface area contributed by atoms with E-state index in [9.17, 15) is 4.79 Å². The van der Waals surface area contributed by atoms with Gasteiger partial charge in [-0.1, -0.05) is 11.6 Å². The van der Waals surface area contributed by atoms with E-state index in [0.717, 1.165) is 0 Å². The summed E-state index contributed by atoms with van der Waals surface area (Å²) in [6.07, 6.45) is 0.453. The highest BCUT2D eigenvalue weighted by atomic mass is 35.5. The normalized spacial score (nSPS) is 21.1. The van der Waals surface area contributed by atoms with Gasteiger partial charge in [0.2, 0.25) is 5.91 Å². The molecular formula is C10H11ClN2OS. The Balaban J connectivity index is 2.37. The molecule has 3 nitrogen and oxygen atoms in total. The van der Waals surface area contributed by atoms with Gasteiger partial charge in [-0.2, -0.15) is 12.6 Å². The molecule has 1 heterocycles. The molecule has 15 heavy (non-hydrogen) atoms. The van der Waals surface area contributed by atoms with E-state index in [0.29, 0.717) is 29.4 Å². The Bertz CT molecular complexity index is 410. The molecule has 1 fully saturated rings. The molecular weight excluding hydrogens is 232 g/mol. The fourth-order valence-electron chi connectivity index (χ4n) is 1.67. The second-order valence-corrected chi connectivity index (χ2v) is 4.73. The summed E-state index contributed by atoms with van der Waals surface area (Å²) in [5.41, 5.74) is 7.05. The zero-order valence-electron chi connectivity index (χ0n) is 7.98. The molecule has 1 aliphatic heterocycles. The Labute approximate surface area is 98.6 Å². The lowest BCUT2D eigenvalue weighted by atomic mass is 10.2. The van der Waals surface area contributed by atoms with Crippen molar-refractivity contribution in [3.05, 3.63) is 23.2 Å². The number of nitrogens with zero attached hydrogens (tertiary/aromatic N) is 1. The molecule has 0 saturated carbocycles. The maximum atomic E-state index is 11.6. The minimum absolute atomic E-state index is 0.0453. The molecule has 0 aliphatic carbocycles. The number of nitrogen functional groups attached to an aromatic ring is 1. The first-order valence-electron chi connectivity index (χ1n) is 4.61. The van der Waals surface area contributed by atoms with Crippen LogP contribution < -0.4 is 10.6 Å². The molecule has 1 aromatic rings. The van der Waals surface area contributed by atoms with Crippen molar-refractivity contribution in [2.24, 2.45) is 0 Å². The minimum Gasteiger partial charge on any atom is -0.397 e. The summed E-state index contributed by atoms with van der Waals surface area (Å²) < 4.78 is 0. The number of hydrogen-bond acceptors (Lipinski definition) is 3. The predicted octanol–water partition coefficient (Wildman–Crippen LogP) is 1.96. The molecule has 0 aromatic heterocycles. The van der Waals surface area contributed by atoms with Crippen LogP contribution >= 0.6 is 24.2 Å². The Morgan fingerprint density at radius 2 is 2.27 bits per heavy atom. The van der Waals surface area contributed by atoms with Gasteiger partial charge in [-0.15, -0.1) is 0 Å². The third-order valence-corrected chi connectivity index (χ3v) is 2.97. The molecule has 2 N–H and O–H groups in total. The number of benzene rings is 1. The first kappa shape index (κ1) is 10.6. The van der Waals surface area contributed by atoms with Crippen LogP contribution in [0.1, 0.15) is 6.42 Å². The van der Waals surface area contributed by atoms with E-state index in [1.807, 2.05) is 0 Å². The quantitative estimate of drug-likeness (QED) is 0.584. The maximum absolute atomic E-state index is 11.6. The summed E-state index contributed by atoms with van der Waals surface area (Å²) in [5, 5.41) is 0.658. The Morgan fingerprint density at radius 1 is 1.53 bits per heavy atom. The van der Waals surface area contributed by atoms with Gasteiger partial charge in [0.25, 0.3) is 0 Å². The summed E-state index contributed by atoms with van der Waals surface area (Å²) in [7, 11) is 0. The Hall–Kier alpha value is -0.870. The van der Waals surface area contributed by atoms with Crippen molar-refractivity contribution in [3.8, 4) is 0 Å². The smallest absolute Gasteiger partial charge is 0.228 e. The molecule has 2 rings (SSSR count). The van der Waals surface area contributed by atoms with Gasteiger partial charge in [0.1, 0.15) is 0 Å². The van der Waals surface area contributed by atoms with E-state index < -0.39 is 0 Å². The minimum atomic E-state index is 0.0453. The average Bonchev–Trinajstić information content (AvgIpc) is 2.50. The second kappa shape index (κ2) is 3.94. The SMILES string of the molecule is Nc1ccc(Cl)cc1N1CC(S)CC1=O. The second-order valence-electron chi connectivity index (χ2n) is 3.57. The molecule has 0 spiro atoms. The van der Waals surface area contributed by atoms with Crippen LogP contribution in [0.4, 0.5) is 11.4 Å². The van der Waals surface area contributed by atoms with Crippen LogP contribution in [-0.2, 0) is 4.79 Å². The molecule has 1 amide bonds. The van der Waals surface area contributed by atoms with Crippen molar-refractivity contribution in [1.82, 2.24) is 0 Å². The lowest BCUT2D eigenvalue weighted by Crippen LogP contribution is -2.25. The number of nitrogens with two attached hydrogens (primary N) is 1. The summed E-state index contributed by atoms with van der Waals surface area (Å²) in [4.78, 5) is 13.3. The van der Waals surface area contributed by atoms with Gasteiger partial charge in [-0.25, -0.2) is 0 Å². The molecule has 1 unspecified atom stereocenters. The molecule has 1 aromatic carbocycles. The van der Waals surface area contributed by atoms with Crippen LogP contribution in [0.2, 0.25) is 5.02 Å². The number of thiol groups is 1. The lowest BCUT2D eigenvalue weighted by molar-refractivity contribution is -0.117. The maximum Gasteiger partial charge on any atom is 0.228 e. The van der Waals surface area contributed by atoms with Crippen molar-refractivity contribution in [2.75, 3.05) is 17.2 Å². The molecule has 80 valence electrons. The fourth-order valence-corrected chi connectivity index (χ4v) is 2.16. The fraction of sp³-hybridized carbons (Fsp3) is 0.300. The monoisotopic (exact) mass is 242 g/mol. The van der Waals surface area contributed by atoms with Crippen LogP contribution in [0, 0.1) is 0 Å². The van der Waals surface area contributed by atoms with Crippen LogP contribution in [-0.4, -0.2) is 17.7 Å². The van der Waals surface area contributed by atoms with Crippen molar-refractivity contribution >= 4 is 41.5 Å². The Morgan fingerprint density at radius 3 is 2.87 bits per heavy atom. The van der Waals surface area contributed by atoms with Crippen molar-refractivity contribution < 1.29 is 4.79 Å². The van der Waals surface area contributed by atoms with Gasteiger partial charge >= 0.3 is 0 Å². The zero-order chi connectivity index (χ0) is 11.0. The average molecular weight is 243 g/mol. The Kier molecular flexibility index (Phi) is 2.80. The van der Waals surface area contributed by atoms with Crippen LogP contribution in [0.15, 0.2) is 18.2 Å². The number of carbonyl (C=O) groups is 1. The van der Waals surface area contributed by atoms with Crippen LogP contribution in [0.25, 0.3) is 0 Å². The highest BCUT2D eigenvalue weighted by Gasteiger charge is 2.29. The summed E-state index contributed by atoms with van der Waals surface area (Å²) in [5.74, 6) is 0.0453. The first-order chi connectivity index (χ1) is 7.08. The third-order valence-electron chi connectivity index (χ3n) is 2.39. The predicted molar refractivity (Wildman–Crippen MR) is 65.6 cm³/mol. The molecule has 1 atom stereocenters. The number of carbonyl (C=O) groups excluding carboxylic acids is 1. The third kappa shape index (κ3) is 2.06. The number of halogens is 1. The van der Waals surface area contributed by atoms with E-state index in [1.54, 1.807) is 23.1 Å². The summed E-state index contributed by atoms with van der Waals surface area (Å²) in [6, 6.07) is 5.12. The first-order valence-corrected chi connectivity index (χ1v) is 5.51. The highest BCUT2D eigenvalue weighted by molar-refractivity contribution is 7.81. The highest BCUT2D eigenvalue weighted by Crippen LogP contribution is 2.31. The zero-order valence-corrected chi connectivity index (χ0v) is 9.63. The molecule has 0 bridgehead atoms. The van der Waals surface area contributed by atoms with E-state index in [4.69, 9.17) is 17.3 Å². The van der Waals surface area contributed by atoms with E-state index >= 15 is 0 Å². The van der Waals surface area contributed by atoms with Gasteiger partial charge in [0.15, 0.2) is 0 Å². The van der Waals surface area contributed by atoms with E-state index in [2.05, 4.69) is 12.6 Å². The van der Waals surface area contributed by atoms with Gasteiger partial charge in [-0.05, 0) is 18.2 Å². The largest absolute Gasteiger partial charge is 0.397 e. The topological polar surface area (TPSA) is 46.3 Å². The number of amides is 1. The van der Waals surface area contributed by atoms with Gasteiger partial charge in [0.05, 0.1) is 11.4 Å². The van der Waals surface area contributed by atoms with Gasteiger partial charge in [0, 0.05) is 23.2 Å². The number of anilines is 2. The van der Waals surface area contributed by atoms with Crippen molar-refractivity contribution in [2.45, 2.75) is 11.7 Å². The molecule has 0 radical (unpaired) electrons. The van der Waals surface area contributed by atoms with Crippen LogP contribution in [0.3, 0.4) is 0 Å². The van der Waals surface area contributed by atoms with Gasteiger partial charge < -0.3 is 10.6 Å². The van der Waals surface area contributed by atoms with E-state index in [-0.39, 0.29) is 11.2 Å². The summed E-state index contributed by atoms with van der Waals surface area (Å²) >= 11 is 10.2. The standard InChI is InChI=1S/C10H11ClN2OS/c11-6-1-2-8(12)9(3-6)13-5-7(15)4-10(13)14/h1-3,7,15H,4-5,12H2.